The molecule has 94 valence electrons. The lowest BCUT2D eigenvalue weighted by Gasteiger charge is -2.36. The first kappa shape index (κ1) is 11.3. The number of anilines is 2. The molecule has 1 atom stereocenters. The number of nitrogens with zero attached hydrogens (tertiary/aromatic N) is 2. The number of ether oxygens (including phenoxy) is 1. The van der Waals surface area contributed by atoms with Gasteiger partial charge in [-0.05, 0) is 25.1 Å². The Labute approximate surface area is 106 Å². The highest BCUT2D eigenvalue weighted by Gasteiger charge is 2.20. The molecule has 0 saturated carbocycles. The molecule has 1 saturated heterocycles. The molecule has 3 rings (SSSR count). The standard InChI is InChI=1S/C14H17N3O/c1-10-9-18-7-6-17(10)14-3-2-13(15)12-8-16-5-4-11(12)14/h2-5,8,10H,6-7,9,15H2,1H3. The number of hydrogen-bond acceptors (Lipinski definition) is 4. The van der Waals surface area contributed by atoms with Crippen LogP contribution in [0, 0.1) is 0 Å². The zero-order chi connectivity index (χ0) is 12.5. The molecule has 1 aromatic carbocycles. The summed E-state index contributed by atoms with van der Waals surface area (Å²) in [6, 6.07) is 6.48. The Morgan fingerprint density at radius 2 is 2.22 bits per heavy atom. The van der Waals surface area contributed by atoms with Gasteiger partial charge in [0.2, 0.25) is 0 Å². The van der Waals surface area contributed by atoms with Crippen LogP contribution in [0.5, 0.6) is 0 Å². The fourth-order valence-corrected chi connectivity index (χ4v) is 2.53. The van der Waals surface area contributed by atoms with Crippen LogP contribution in [-0.2, 0) is 4.74 Å². The predicted octanol–water partition coefficient (Wildman–Crippen LogP) is 2.04. The van der Waals surface area contributed by atoms with Crippen LogP contribution in [0.1, 0.15) is 6.92 Å². The van der Waals surface area contributed by atoms with E-state index in [1.54, 1.807) is 0 Å². The molecule has 2 aromatic rings. The Kier molecular flexibility index (Phi) is 2.80. The Hall–Kier alpha value is -1.81. The number of benzene rings is 1. The molecule has 0 radical (unpaired) electrons. The van der Waals surface area contributed by atoms with Crippen LogP contribution in [0.2, 0.25) is 0 Å². The zero-order valence-electron chi connectivity index (χ0n) is 10.5. The van der Waals surface area contributed by atoms with Crippen LogP contribution in [0.25, 0.3) is 10.8 Å². The second-order valence-corrected chi connectivity index (χ2v) is 4.71. The lowest BCUT2D eigenvalue weighted by atomic mass is 10.1. The molecule has 1 unspecified atom stereocenters. The zero-order valence-corrected chi connectivity index (χ0v) is 10.5. The third kappa shape index (κ3) is 1.78. The number of fused-ring (bicyclic) bond motifs is 1. The third-order valence-electron chi connectivity index (χ3n) is 3.51. The Bertz CT molecular complexity index is 570. The van der Waals surface area contributed by atoms with Gasteiger partial charge in [0.15, 0.2) is 0 Å². The van der Waals surface area contributed by atoms with Crippen molar-refractivity contribution >= 4 is 22.1 Å². The number of hydrogen-bond donors (Lipinski definition) is 1. The summed E-state index contributed by atoms with van der Waals surface area (Å²) in [6.07, 6.45) is 3.65. The maximum absolute atomic E-state index is 6.01. The van der Waals surface area contributed by atoms with Crippen LogP contribution < -0.4 is 10.6 Å². The van der Waals surface area contributed by atoms with Crippen LogP contribution >= 0.6 is 0 Å². The monoisotopic (exact) mass is 243 g/mol. The molecule has 0 spiro atoms. The molecule has 4 nitrogen and oxygen atoms in total. The van der Waals surface area contributed by atoms with Gasteiger partial charge in [0.05, 0.1) is 13.2 Å². The van der Waals surface area contributed by atoms with Crippen molar-refractivity contribution in [2.24, 2.45) is 0 Å². The minimum Gasteiger partial charge on any atom is -0.398 e. The van der Waals surface area contributed by atoms with Crippen molar-refractivity contribution in [1.29, 1.82) is 0 Å². The summed E-state index contributed by atoms with van der Waals surface area (Å²) in [4.78, 5) is 6.54. The van der Waals surface area contributed by atoms with E-state index in [1.807, 2.05) is 24.5 Å². The molecule has 2 N–H and O–H groups in total. The van der Waals surface area contributed by atoms with Crippen molar-refractivity contribution in [1.82, 2.24) is 4.98 Å². The molecule has 0 bridgehead atoms. The van der Waals surface area contributed by atoms with Crippen LogP contribution in [-0.4, -0.2) is 30.8 Å². The van der Waals surface area contributed by atoms with E-state index in [0.29, 0.717) is 6.04 Å². The van der Waals surface area contributed by atoms with E-state index in [4.69, 9.17) is 10.5 Å². The SMILES string of the molecule is CC1COCCN1c1ccc(N)c2cnccc12. The second-order valence-electron chi connectivity index (χ2n) is 4.71. The topological polar surface area (TPSA) is 51.4 Å². The number of nitrogens with two attached hydrogens (primary N) is 1. The van der Waals surface area contributed by atoms with E-state index >= 15 is 0 Å². The molecule has 1 aromatic heterocycles. The summed E-state index contributed by atoms with van der Waals surface area (Å²) < 4.78 is 5.49. The second kappa shape index (κ2) is 4.46. The van der Waals surface area contributed by atoms with Gasteiger partial charge in [-0.15, -0.1) is 0 Å². The van der Waals surface area contributed by atoms with Gasteiger partial charge in [0.1, 0.15) is 0 Å². The maximum atomic E-state index is 6.01. The Morgan fingerprint density at radius 1 is 1.33 bits per heavy atom. The number of rotatable bonds is 1. The summed E-state index contributed by atoms with van der Waals surface area (Å²) in [6.45, 7) is 4.66. The largest absolute Gasteiger partial charge is 0.398 e. The first-order valence-electron chi connectivity index (χ1n) is 6.24. The van der Waals surface area contributed by atoms with Gasteiger partial charge >= 0.3 is 0 Å². The Balaban J connectivity index is 2.14. The molecule has 0 aliphatic carbocycles. The smallest absolute Gasteiger partial charge is 0.0668 e. The highest BCUT2D eigenvalue weighted by atomic mass is 16.5. The molecular weight excluding hydrogens is 226 g/mol. The summed E-state index contributed by atoms with van der Waals surface area (Å²) in [5.41, 5.74) is 8.01. The van der Waals surface area contributed by atoms with Gasteiger partial charge in [-0.1, -0.05) is 0 Å². The average molecular weight is 243 g/mol. The summed E-state index contributed by atoms with van der Waals surface area (Å²) in [5.74, 6) is 0. The fraction of sp³-hybridized carbons (Fsp3) is 0.357. The molecule has 0 amide bonds. The van der Waals surface area contributed by atoms with Gasteiger partial charge < -0.3 is 15.4 Å². The summed E-state index contributed by atoms with van der Waals surface area (Å²) in [5, 5.41) is 2.19. The number of aromatic nitrogens is 1. The van der Waals surface area contributed by atoms with Crippen molar-refractivity contribution in [3.63, 3.8) is 0 Å². The highest BCUT2D eigenvalue weighted by molar-refractivity contribution is 6.00. The van der Waals surface area contributed by atoms with Crippen molar-refractivity contribution in [2.75, 3.05) is 30.4 Å². The summed E-state index contributed by atoms with van der Waals surface area (Å²) >= 11 is 0. The van der Waals surface area contributed by atoms with Crippen molar-refractivity contribution in [3.05, 3.63) is 30.6 Å². The molecule has 1 aliphatic heterocycles. The molecule has 1 aliphatic rings. The third-order valence-corrected chi connectivity index (χ3v) is 3.51. The summed E-state index contributed by atoms with van der Waals surface area (Å²) in [7, 11) is 0. The van der Waals surface area contributed by atoms with Crippen LogP contribution in [0.3, 0.4) is 0 Å². The van der Waals surface area contributed by atoms with E-state index in [0.717, 1.165) is 30.8 Å². The normalized spacial score (nSPS) is 20.3. The first-order valence-corrected chi connectivity index (χ1v) is 6.24. The van der Waals surface area contributed by atoms with E-state index < -0.39 is 0 Å². The quantitative estimate of drug-likeness (QED) is 0.779. The highest BCUT2D eigenvalue weighted by Crippen LogP contribution is 2.31. The number of pyridine rings is 1. The van der Waals surface area contributed by atoms with Gasteiger partial charge in [0, 0.05) is 47.1 Å². The molecule has 18 heavy (non-hydrogen) atoms. The van der Waals surface area contributed by atoms with Gasteiger partial charge in [-0.2, -0.15) is 0 Å². The van der Waals surface area contributed by atoms with Gasteiger partial charge in [0.25, 0.3) is 0 Å². The van der Waals surface area contributed by atoms with Gasteiger partial charge in [-0.3, -0.25) is 4.98 Å². The van der Waals surface area contributed by atoms with Crippen molar-refractivity contribution < 1.29 is 4.74 Å². The van der Waals surface area contributed by atoms with E-state index in [9.17, 15) is 0 Å². The number of morpholine rings is 1. The minimum atomic E-state index is 0.388. The lowest BCUT2D eigenvalue weighted by Crippen LogP contribution is -2.43. The van der Waals surface area contributed by atoms with Crippen LogP contribution in [0.15, 0.2) is 30.6 Å². The van der Waals surface area contributed by atoms with E-state index in [-0.39, 0.29) is 0 Å². The maximum Gasteiger partial charge on any atom is 0.0668 e. The molecule has 1 fully saturated rings. The molecule has 4 heteroatoms. The molecular formula is C14H17N3O. The lowest BCUT2D eigenvalue weighted by molar-refractivity contribution is 0.0991. The van der Waals surface area contributed by atoms with Gasteiger partial charge in [-0.25, -0.2) is 0 Å². The van der Waals surface area contributed by atoms with Crippen molar-refractivity contribution in [3.8, 4) is 0 Å². The van der Waals surface area contributed by atoms with E-state index in [1.165, 1.54) is 11.1 Å². The fourth-order valence-electron chi connectivity index (χ4n) is 2.53. The van der Waals surface area contributed by atoms with Crippen LogP contribution in [0.4, 0.5) is 11.4 Å². The Morgan fingerprint density at radius 3 is 3.06 bits per heavy atom. The van der Waals surface area contributed by atoms with Crippen molar-refractivity contribution in [2.45, 2.75) is 13.0 Å². The minimum absolute atomic E-state index is 0.388. The number of nitrogen functional groups attached to an aromatic ring is 1. The first-order chi connectivity index (χ1) is 8.77. The average Bonchev–Trinajstić information content (AvgIpc) is 2.41. The predicted molar refractivity (Wildman–Crippen MR) is 73.8 cm³/mol. The van der Waals surface area contributed by atoms with E-state index in [2.05, 4.69) is 22.9 Å². The molecule has 2 heterocycles.